The quantitative estimate of drug-likeness (QED) is 0.708. The van der Waals surface area contributed by atoms with Crippen LogP contribution in [-0.2, 0) is 5.41 Å². The molecule has 0 unspecified atom stereocenters. The second-order valence-electron chi connectivity index (χ2n) is 6.11. The van der Waals surface area contributed by atoms with Gasteiger partial charge < -0.3 is 0 Å². The van der Waals surface area contributed by atoms with Gasteiger partial charge >= 0.3 is 0 Å². The zero-order valence-electron chi connectivity index (χ0n) is 11.5. The molecule has 0 bridgehead atoms. The normalized spacial score (nSPS) is 18.6. The largest absolute Gasteiger partial charge is 0.254 e. The van der Waals surface area contributed by atoms with Gasteiger partial charge in [-0.25, -0.2) is 0 Å². The van der Waals surface area contributed by atoms with Crippen LogP contribution in [0.3, 0.4) is 0 Å². The Bertz CT molecular complexity index is 613. The average Bonchev–Trinajstić information content (AvgIpc) is 2.97. The predicted molar refractivity (Wildman–Crippen MR) is 76.2 cm³/mol. The average molecular weight is 250 g/mol. The van der Waals surface area contributed by atoms with Gasteiger partial charge in [-0.15, -0.1) is 0 Å². The Kier molecular flexibility index (Phi) is 2.15. The van der Waals surface area contributed by atoms with Crippen molar-refractivity contribution in [3.63, 3.8) is 0 Å². The molecule has 0 amide bonds. The van der Waals surface area contributed by atoms with Crippen LogP contribution in [0.15, 0.2) is 24.5 Å². The third kappa shape index (κ3) is 1.37. The van der Waals surface area contributed by atoms with Crippen LogP contribution in [0, 0.1) is 13.8 Å². The number of rotatable bonds is 0. The number of hydrogen-bond donors (Lipinski definition) is 0. The standard InChI is InChI=1S/C17H18N2/c1-11-7-13-15(18-9-11)16-14(8-12(2)10-19-16)17(13)5-3-4-6-17/h7-10H,3-6H2,1-2H3. The molecule has 2 aromatic rings. The predicted octanol–water partition coefficient (Wildman–Crippen LogP) is 3.93. The molecule has 4 rings (SSSR count). The van der Waals surface area contributed by atoms with Crippen LogP contribution in [0.4, 0.5) is 0 Å². The van der Waals surface area contributed by atoms with Gasteiger partial charge in [-0.3, -0.25) is 9.97 Å². The zero-order valence-corrected chi connectivity index (χ0v) is 11.5. The van der Waals surface area contributed by atoms with Gasteiger partial charge in [0.25, 0.3) is 0 Å². The van der Waals surface area contributed by atoms with Crippen LogP contribution in [0.5, 0.6) is 0 Å². The maximum Gasteiger partial charge on any atom is 0.0930 e. The summed E-state index contributed by atoms with van der Waals surface area (Å²) in [4.78, 5) is 9.37. The molecule has 1 fully saturated rings. The van der Waals surface area contributed by atoms with Crippen LogP contribution in [-0.4, -0.2) is 9.97 Å². The number of pyridine rings is 2. The highest BCUT2D eigenvalue weighted by molar-refractivity contribution is 5.75. The third-order valence-corrected chi connectivity index (χ3v) is 4.76. The SMILES string of the molecule is Cc1cnc2c(c1)C1(CCCC1)c1cc(C)cnc1-2. The van der Waals surface area contributed by atoms with Crippen molar-refractivity contribution in [2.75, 3.05) is 0 Å². The van der Waals surface area contributed by atoms with Gasteiger partial charge in [-0.2, -0.15) is 0 Å². The van der Waals surface area contributed by atoms with E-state index in [1.165, 1.54) is 47.9 Å². The summed E-state index contributed by atoms with van der Waals surface area (Å²) in [6, 6.07) is 4.68. The van der Waals surface area contributed by atoms with E-state index < -0.39 is 0 Å². The highest BCUT2D eigenvalue weighted by Gasteiger charge is 2.46. The fourth-order valence-corrected chi connectivity index (χ4v) is 3.91. The smallest absolute Gasteiger partial charge is 0.0930 e. The second kappa shape index (κ2) is 3.66. The number of aromatic nitrogens is 2. The first-order chi connectivity index (χ1) is 9.21. The molecule has 0 aromatic carbocycles. The molecule has 2 aliphatic rings. The summed E-state index contributed by atoms with van der Waals surface area (Å²) in [5.74, 6) is 0. The van der Waals surface area contributed by atoms with Crippen molar-refractivity contribution in [1.29, 1.82) is 0 Å². The molecule has 0 N–H and O–H groups in total. The first kappa shape index (κ1) is 11.2. The molecule has 0 saturated heterocycles. The van der Waals surface area contributed by atoms with E-state index in [9.17, 15) is 0 Å². The lowest BCUT2D eigenvalue weighted by Gasteiger charge is -2.26. The molecule has 96 valence electrons. The van der Waals surface area contributed by atoms with E-state index in [4.69, 9.17) is 0 Å². The summed E-state index contributed by atoms with van der Waals surface area (Å²) in [6.45, 7) is 4.27. The van der Waals surface area contributed by atoms with Crippen molar-refractivity contribution in [3.05, 3.63) is 46.8 Å². The Labute approximate surface area is 113 Å². The molecule has 2 heterocycles. The molecule has 2 nitrogen and oxygen atoms in total. The Balaban J connectivity index is 2.07. The van der Waals surface area contributed by atoms with Crippen LogP contribution in [0.2, 0.25) is 0 Å². The topological polar surface area (TPSA) is 25.8 Å². The molecule has 0 aliphatic heterocycles. The number of aryl methyl sites for hydroxylation is 2. The maximum absolute atomic E-state index is 4.69. The lowest BCUT2D eigenvalue weighted by atomic mass is 9.77. The summed E-state index contributed by atoms with van der Waals surface area (Å²) in [7, 11) is 0. The van der Waals surface area contributed by atoms with E-state index in [1.54, 1.807) is 0 Å². The van der Waals surface area contributed by atoms with Crippen molar-refractivity contribution < 1.29 is 0 Å². The van der Waals surface area contributed by atoms with Gasteiger partial charge in [0.05, 0.1) is 11.4 Å². The van der Waals surface area contributed by atoms with E-state index in [0.29, 0.717) is 0 Å². The highest BCUT2D eigenvalue weighted by Crippen LogP contribution is 2.55. The Hall–Kier alpha value is -1.70. The number of hydrogen-bond acceptors (Lipinski definition) is 2. The minimum absolute atomic E-state index is 0.211. The van der Waals surface area contributed by atoms with E-state index in [-0.39, 0.29) is 5.41 Å². The van der Waals surface area contributed by atoms with Gasteiger partial charge in [-0.05, 0) is 48.9 Å². The summed E-state index contributed by atoms with van der Waals surface area (Å²) in [5.41, 5.74) is 7.84. The monoisotopic (exact) mass is 250 g/mol. The summed E-state index contributed by atoms with van der Waals surface area (Å²) >= 11 is 0. The van der Waals surface area contributed by atoms with Gasteiger partial charge in [0, 0.05) is 17.8 Å². The molecule has 19 heavy (non-hydrogen) atoms. The maximum atomic E-state index is 4.69. The van der Waals surface area contributed by atoms with Crippen molar-refractivity contribution in [2.45, 2.75) is 44.9 Å². The minimum Gasteiger partial charge on any atom is -0.254 e. The summed E-state index contributed by atoms with van der Waals surface area (Å²) in [5, 5.41) is 0. The fraction of sp³-hybridized carbons (Fsp3) is 0.412. The Morgan fingerprint density at radius 2 is 1.32 bits per heavy atom. The van der Waals surface area contributed by atoms with Gasteiger partial charge in [0.1, 0.15) is 0 Å². The molecule has 0 radical (unpaired) electrons. The van der Waals surface area contributed by atoms with Crippen LogP contribution < -0.4 is 0 Å². The molecular formula is C17H18N2. The van der Waals surface area contributed by atoms with Crippen molar-refractivity contribution in [3.8, 4) is 11.4 Å². The molecule has 2 heteroatoms. The summed E-state index contributed by atoms with van der Waals surface area (Å²) < 4.78 is 0. The lowest BCUT2D eigenvalue weighted by molar-refractivity contribution is 0.547. The van der Waals surface area contributed by atoms with Crippen molar-refractivity contribution in [1.82, 2.24) is 9.97 Å². The Morgan fingerprint density at radius 1 is 0.842 bits per heavy atom. The molecular weight excluding hydrogens is 232 g/mol. The van der Waals surface area contributed by atoms with Gasteiger partial charge in [0.15, 0.2) is 0 Å². The first-order valence-corrected chi connectivity index (χ1v) is 7.15. The minimum atomic E-state index is 0.211. The van der Waals surface area contributed by atoms with E-state index in [1.807, 2.05) is 12.4 Å². The van der Waals surface area contributed by atoms with Crippen LogP contribution >= 0.6 is 0 Å². The van der Waals surface area contributed by atoms with Crippen LogP contribution in [0.25, 0.3) is 11.4 Å². The first-order valence-electron chi connectivity index (χ1n) is 7.15. The highest BCUT2D eigenvalue weighted by atomic mass is 14.8. The van der Waals surface area contributed by atoms with Crippen molar-refractivity contribution >= 4 is 0 Å². The number of nitrogens with zero attached hydrogens (tertiary/aromatic N) is 2. The van der Waals surface area contributed by atoms with E-state index in [0.717, 1.165) is 11.4 Å². The van der Waals surface area contributed by atoms with E-state index in [2.05, 4.69) is 35.9 Å². The Morgan fingerprint density at radius 3 is 1.79 bits per heavy atom. The van der Waals surface area contributed by atoms with Crippen LogP contribution in [0.1, 0.15) is 47.9 Å². The molecule has 0 atom stereocenters. The molecule has 2 aliphatic carbocycles. The number of fused-ring (bicyclic) bond motifs is 5. The second-order valence-corrected chi connectivity index (χ2v) is 6.11. The molecule has 1 saturated carbocycles. The summed E-state index contributed by atoms with van der Waals surface area (Å²) in [6.07, 6.45) is 9.09. The van der Waals surface area contributed by atoms with E-state index >= 15 is 0 Å². The zero-order chi connectivity index (χ0) is 13.0. The molecule has 2 aromatic heterocycles. The molecule has 1 spiro atoms. The fourth-order valence-electron chi connectivity index (χ4n) is 3.91. The third-order valence-electron chi connectivity index (χ3n) is 4.76. The van der Waals surface area contributed by atoms with Gasteiger partial charge in [-0.1, -0.05) is 25.0 Å². The van der Waals surface area contributed by atoms with Gasteiger partial charge in [0.2, 0.25) is 0 Å². The lowest BCUT2D eigenvalue weighted by Crippen LogP contribution is -2.20. The van der Waals surface area contributed by atoms with Crippen molar-refractivity contribution in [2.24, 2.45) is 0 Å².